The molecule has 62 valence electrons. The first-order chi connectivity index (χ1) is 5.22. The number of nitrogen functional groups attached to an aromatic ring is 1. The number of hydrogen-bond donors (Lipinski definition) is 2. The van der Waals surface area contributed by atoms with Crippen LogP contribution in [-0.2, 0) is 0 Å². The predicted molar refractivity (Wildman–Crippen MR) is 46.4 cm³/mol. The molecule has 0 aromatic carbocycles. The van der Waals surface area contributed by atoms with E-state index in [9.17, 15) is 0 Å². The molecule has 0 aliphatic carbocycles. The predicted octanol–water partition coefficient (Wildman–Crippen LogP) is 1.28. The summed E-state index contributed by atoms with van der Waals surface area (Å²) in [5.41, 5.74) is 5.35. The number of nitrogens with one attached hydrogen (secondary N) is 1. The van der Waals surface area contributed by atoms with Crippen LogP contribution in [0.2, 0.25) is 0 Å². The highest BCUT2D eigenvalue weighted by molar-refractivity contribution is 7.99. The Morgan fingerprint density at radius 2 is 2.45 bits per heavy atom. The Kier molecular flexibility index (Phi) is 2.76. The molecule has 4 nitrogen and oxygen atoms in total. The van der Waals surface area contributed by atoms with Crippen molar-refractivity contribution in [2.45, 2.75) is 30.7 Å². The van der Waals surface area contributed by atoms with Gasteiger partial charge in [-0.05, 0) is 6.42 Å². The van der Waals surface area contributed by atoms with Gasteiger partial charge in [-0.3, -0.25) is 0 Å². The molecule has 1 aromatic rings. The molecule has 0 aliphatic heterocycles. The summed E-state index contributed by atoms with van der Waals surface area (Å²) in [7, 11) is 0. The maximum Gasteiger partial charge on any atom is 0.216 e. The molecule has 0 amide bonds. The summed E-state index contributed by atoms with van der Waals surface area (Å²) in [4.78, 5) is 3.97. The van der Waals surface area contributed by atoms with Gasteiger partial charge in [-0.2, -0.15) is 4.98 Å². The molecule has 0 unspecified atom stereocenters. The number of anilines is 1. The van der Waals surface area contributed by atoms with E-state index in [1.54, 1.807) is 11.8 Å². The van der Waals surface area contributed by atoms with Crippen molar-refractivity contribution < 1.29 is 0 Å². The summed E-state index contributed by atoms with van der Waals surface area (Å²) in [5.74, 6) is 0.385. The number of rotatable bonds is 3. The lowest BCUT2D eigenvalue weighted by molar-refractivity contribution is 0.888. The summed E-state index contributed by atoms with van der Waals surface area (Å²) >= 11 is 1.63. The van der Waals surface area contributed by atoms with E-state index in [2.05, 4.69) is 29.0 Å². The number of aromatic nitrogens is 3. The van der Waals surface area contributed by atoms with Crippen LogP contribution in [-0.4, -0.2) is 20.4 Å². The fraction of sp³-hybridized carbons (Fsp3) is 0.667. The second-order valence-corrected chi connectivity index (χ2v) is 3.75. The van der Waals surface area contributed by atoms with E-state index < -0.39 is 0 Å². The van der Waals surface area contributed by atoms with Gasteiger partial charge in [0, 0.05) is 5.25 Å². The lowest BCUT2D eigenvalue weighted by Gasteiger charge is -2.01. The molecule has 1 heterocycles. The molecular formula is C6H12N4S. The van der Waals surface area contributed by atoms with E-state index in [0.717, 1.165) is 11.6 Å². The second-order valence-electron chi connectivity index (χ2n) is 2.34. The smallest absolute Gasteiger partial charge is 0.216 e. The van der Waals surface area contributed by atoms with Crippen LogP contribution in [0.5, 0.6) is 0 Å². The highest BCUT2D eigenvalue weighted by atomic mass is 32.2. The minimum absolute atomic E-state index is 0.385. The van der Waals surface area contributed by atoms with Gasteiger partial charge >= 0.3 is 0 Å². The third-order valence-electron chi connectivity index (χ3n) is 1.36. The quantitative estimate of drug-likeness (QED) is 0.674. The average molecular weight is 172 g/mol. The molecule has 0 saturated heterocycles. The normalized spacial score (nSPS) is 13.3. The first kappa shape index (κ1) is 8.39. The summed E-state index contributed by atoms with van der Waals surface area (Å²) in [5, 5.41) is 7.78. The highest BCUT2D eigenvalue weighted by Crippen LogP contribution is 2.20. The molecule has 11 heavy (non-hydrogen) atoms. The number of thioether (sulfide) groups is 1. The van der Waals surface area contributed by atoms with Gasteiger partial charge in [-0.15, -0.1) is 5.10 Å². The van der Waals surface area contributed by atoms with E-state index >= 15 is 0 Å². The number of nitrogens with zero attached hydrogens (tertiary/aromatic N) is 2. The maximum atomic E-state index is 5.35. The molecular weight excluding hydrogens is 160 g/mol. The van der Waals surface area contributed by atoms with E-state index in [1.165, 1.54) is 0 Å². The second kappa shape index (κ2) is 3.61. The fourth-order valence-electron chi connectivity index (χ4n) is 0.574. The summed E-state index contributed by atoms with van der Waals surface area (Å²) in [6, 6.07) is 0. The molecule has 3 N–H and O–H groups in total. The third-order valence-corrected chi connectivity index (χ3v) is 2.49. The molecule has 0 spiro atoms. The van der Waals surface area contributed by atoms with Crippen molar-refractivity contribution in [2.24, 2.45) is 0 Å². The van der Waals surface area contributed by atoms with Crippen LogP contribution in [0.3, 0.4) is 0 Å². The van der Waals surface area contributed by atoms with Crippen molar-refractivity contribution >= 4 is 17.7 Å². The van der Waals surface area contributed by atoms with Crippen molar-refractivity contribution in [3.63, 3.8) is 0 Å². The number of nitrogens with two attached hydrogens (primary N) is 1. The van der Waals surface area contributed by atoms with Crippen LogP contribution in [0.1, 0.15) is 20.3 Å². The van der Waals surface area contributed by atoms with Gasteiger partial charge in [0.05, 0.1) is 0 Å². The van der Waals surface area contributed by atoms with E-state index in [0.29, 0.717) is 11.2 Å². The van der Waals surface area contributed by atoms with Gasteiger partial charge in [0.1, 0.15) is 0 Å². The van der Waals surface area contributed by atoms with E-state index in [1.807, 2.05) is 0 Å². The molecule has 0 fully saturated rings. The van der Waals surface area contributed by atoms with Crippen LogP contribution in [0.4, 0.5) is 5.95 Å². The molecule has 0 radical (unpaired) electrons. The number of hydrogen-bond acceptors (Lipinski definition) is 4. The largest absolute Gasteiger partial charge is 0.368 e. The van der Waals surface area contributed by atoms with Crippen molar-refractivity contribution in [1.29, 1.82) is 0 Å². The molecule has 0 bridgehead atoms. The zero-order valence-corrected chi connectivity index (χ0v) is 7.48. The highest BCUT2D eigenvalue weighted by Gasteiger charge is 2.05. The Morgan fingerprint density at radius 1 is 1.73 bits per heavy atom. The third kappa shape index (κ3) is 2.42. The summed E-state index contributed by atoms with van der Waals surface area (Å²) in [6.45, 7) is 4.27. The Labute approximate surface area is 70.0 Å². The van der Waals surface area contributed by atoms with Gasteiger partial charge in [-0.25, -0.2) is 5.10 Å². The molecule has 1 aromatic heterocycles. The zero-order chi connectivity index (χ0) is 8.27. The van der Waals surface area contributed by atoms with Crippen LogP contribution in [0, 0.1) is 0 Å². The van der Waals surface area contributed by atoms with Gasteiger partial charge in [-0.1, -0.05) is 25.6 Å². The Bertz CT molecular complexity index is 222. The van der Waals surface area contributed by atoms with Gasteiger partial charge in [0.15, 0.2) is 0 Å². The SMILES string of the molecule is CC[C@H](C)Sc1n[nH]c(N)n1. The Balaban J connectivity index is 2.50. The van der Waals surface area contributed by atoms with Crippen LogP contribution < -0.4 is 5.73 Å². The molecule has 0 aliphatic rings. The first-order valence-electron chi connectivity index (χ1n) is 3.57. The van der Waals surface area contributed by atoms with Crippen molar-refractivity contribution in [3.8, 4) is 0 Å². The molecule has 0 saturated carbocycles. The number of aromatic amines is 1. The van der Waals surface area contributed by atoms with E-state index in [-0.39, 0.29) is 0 Å². The van der Waals surface area contributed by atoms with Gasteiger partial charge in [0.25, 0.3) is 0 Å². The zero-order valence-electron chi connectivity index (χ0n) is 6.66. The standard InChI is InChI=1S/C6H12N4S/c1-3-4(2)11-6-8-5(7)9-10-6/h4H,3H2,1-2H3,(H3,7,8,9,10)/t4-/m0/s1. The molecule has 1 atom stereocenters. The summed E-state index contributed by atoms with van der Waals surface area (Å²) < 4.78 is 0. The van der Waals surface area contributed by atoms with Crippen LogP contribution >= 0.6 is 11.8 Å². The topological polar surface area (TPSA) is 67.6 Å². The first-order valence-corrected chi connectivity index (χ1v) is 4.45. The summed E-state index contributed by atoms with van der Waals surface area (Å²) in [6.07, 6.45) is 1.11. The van der Waals surface area contributed by atoms with Crippen molar-refractivity contribution in [1.82, 2.24) is 15.2 Å². The lowest BCUT2D eigenvalue weighted by Crippen LogP contribution is -1.92. The monoisotopic (exact) mass is 172 g/mol. The van der Waals surface area contributed by atoms with Crippen LogP contribution in [0.15, 0.2) is 5.16 Å². The van der Waals surface area contributed by atoms with Gasteiger partial charge in [0.2, 0.25) is 11.1 Å². The average Bonchev–Trinajstić information content (AvgIpc) is 2.35. The fourth-order valence-corrected chi connectivity index (χ4v) is 1.35. The van der Waals surface area contributed by atoms with Gasteiger partial charge < -0.3 is 5.73 Å². The van der Waals surface area contributed by atoms with E-state index in [4.69, 9.17) is 5.73 Å². The lowest BCUT2D eigenvalue weighted by atomic mass is 10.4. The molecule has 1 rings (SSSR count). The minimum atomic E-state index is 0.385. The van der Waals surface area contributed by atoms with Crippen molar-refractivity contribution in [2.75, 3.05) is 5.73 Å². The molecule has 5 heteroatoms. The van der Waals surface area contributed by atoms with Crippen LogP contribution in [0.25, 0.3) is 0 Å². The van der Waals surface area contributed by atoms with Crippen molar-refractivity contribution in [3.05, 3.63) is 0 Å². The Hall–Kier alpha value is -0.710. The Morgan fingerprint density at radius 3 is 2.91 bits per heavy atom. The minimum Gasteiger partial charge on any atom is -0.368 e. The maximum absolute atomic E-state index is 5.35. The number of H-pyrrole nitrogens is 1.